The highest BCUT2D eigenvalue weighted by molar-refractivity contribution is 4.95. The third-order valence-corrected chi connectivity index (χ3v) is 2.68. The summed E-state index contributed by atoms with van der Waals surface area (Å²) in [5, 5.41) is 28.2. The SMILES string of the molecule is CC(C)[C@@H]1OC(CO)[C@@H](O)C(N)[C@@H]1O. The van der Waals surface area contributed by atoms with Gasteiger partial charge in [-0.3, -0.25) is 0 Å². The Morgan fingerprint density at radius 1 is 1.29 bits per heavy atom. The molecule has 1 rings (SSSR count). The van der Waals surface area contributed by atoms with Crippen LogP contribution in [0.2, 0.25) is 0 Å². The lowest BCUT2D eigenvalue weighted by Gasteiger charge is -2.42. The molecule has 0 bridgehead atoms. The Balaban J connectivity index is 2.73. The predicted octanol–water partition coefficient (Wildman–Crippen LogP) is -1.55. The normalized spacial score (nSPS) is 44.4. The van der Waals surface area contributed by atoms with Crippen molar-refractivity contribution in [1.82, 2.24) is 0 Å². The fraction of sp³-hybridized carbons (Fsp3) is 1.00. The molecule has 14 heavy (non-hydrogen) atoms. The molecule has 1 aliphatic rings. The van der Waals surface area contributed by atoms with E-state index in [2.05, 4.69) is 0 Å². The van der Waals surface area contributed by atoms with E-state index in [-0.39, 0.29) is 12.5 Å². The first-order valence-electron chi connectivity index (χ1n) is 4.87. The predicted molar refractivity (Wildman–Crippen MR) is 50.6 cm³/mol. The number of nitrogens with two attached hydrogens (primary N) is 1. The standard InChI is InChI=1S/C9H19NO4/c1-4(2)9-8(13)6(10)7(12)5(3-11)14-9/h4-9,11-13H,3,10H2,1-2H3/t5?,6?,7-,8+,9+/m1/s1. The van der Waals surface area contributed by atoms with Crippen molar-refractivity contribution in [2.45, 2.75) is 44.3 Å². The minimum Gasteiger partial charge on any atom is -0.394 e. The number of rotatable bonds is 2. The number of hydrogen-bond donors (Lipinski definition) is 4. The number of aliphatic hydroxyl groups is 3. The van der Waals surface area contributed by atoms with Gasteiger partial charge in [-0.25, -0.2) is 0 Å². The molecule has 2 unspecified atom stereocenters. The van der Waals surface area contributed by atoms with Gasteiger partial charge >= 0.3 is 0 Å². The molecule has 1 fully saturated rings. The minimum absolute atomic E-state index is 0.0950. The summed E-state index contributed by atoms with van der Waals surface area (Å²) in [7, 11) is 0. The molecule has 1 heterocycles. The van der Waals surface area contributed by atoms with E-state index in [1.807, 2.05) is 13.8 Å². The summed E-state index contributed by atoms with van der Waals surface area (Å²) in [5.74, 6) is 0.0950. The summed E-state index contributed by atoms with van der Waals surface area (Å²) >= 11 is 0. The van der Waals surface area contributed by atoms with Crippen molar-refractivity contribution in [3.05, 3.63) is 0 Å². The van der Waals surface area contributed by atoms with Crippen molar-refractivity contribution in [1.29, 1.82) is 0 Å². The van der Waals surface area contributed by atoms with Crippen LogP contribution in [0.3, 0.4) is 0 Å². The van der Waals surface area contributed by atoms with E-state index in [1.54, 1.807) is 0 Å². The lowest BCUT2D eigenvalue weighted by Crippen LogP contribution is -2.63. The van der Waals surface area contributed by atoms with Gasteiger partial charge in [0.1, 0.15) is 12.2 Å². The smallest absolute Gasteiger partial charge is 0.108 e. The van der Waals surface area contributed by atoms with Crippen molar-refractivity contribution >= 4 is 0 Å². The van der Waals surface area contributed by atoms with Crippen molar-refractivity contribution < 1.29 is 20.1 Å². The van der Waals surface area contributed by atoms with Gasteiger partial charge in [-0.05, 0) is 5.92 Å². The number of aliphatic hydroxyl groups excluding tert-OH is 3. The molecule has 0 radical (unpaired) electrons. The summed E-state index contributed by atoms with van der Waals surface area (Å²) in [6, 6.07) is -0.756. The van der Waals surface area contributed by atoms with Crippen LogP contribution in [0.1, 0.15) is 13.8 Å². The van der Waals surface area contributed by atoms with E-state index in [1.165, 1.54) is 0 Å². The Morgan fingerprint density at radius 3 is 2.29 bits per heavy atom. The number of ether oxygens (including phenoxy) is 1. The van der Waals surface area contributed by atoms with Gasteiger partial charge in [0.2, 0.25) is 0 Å². The van der Waals surface area contributed by atoms with Gasteiger partial charge in [0, 0.05) is 0 Å². The maximum absolute atomic E-state index is 9.70. The quantitative estimate of drug-likeness (QED) is 0.438. The molecule has 5 nitrogen and oxygen atoms in total. The highest BCUT2D eigenvalue weighted by Gasteiger charge is 2.43. The molecule has 5 heteroatoms. The molecule has 0 spiro atoms. The molecule has 0 aromatic rings. The molecular formula is C9H19NO4. The molecule has 5 atom stereocenters. The van der Waals surface area contributed by atoms with Crippen LogP contribution in [0, 0.1) is 5.92 Å². The topological polar surface area (TPSA) is 95.9 Å². The molecule has 0 aliphatic carbocycles. The molecule has 1 aliphatic heterocycles. The summed E-state index contributed by atoms with van der Waals surface area (Å²) in [6.07, 6.45) is -3.01. The third kappa shape index (κ3) is 2.07. The van der Waals surface area contributed by atoms with Crippen LogP contribution in [0.5, 0.6) is 0 Å². The molecule has 84 valence electrons. The van der Waals surface area contributed by atoms with E-state index in [9.17, 15) is 10.2 Å². The first-order chi connectivity index (χ1) is 6.49. The summed E-state index contributed by atoms with van der Waals surface area (Å²) < 4.78 is 5.36. The monoisotopic (exact) mass is 205 g/mol. The first kappa shape index (κ1) is 11.9. The van der Waals surface area contributed by atoms with E-state index >= 15 is 0 Å². The van der Waals surface area contributed by atoms with Crippen LogP contribution in [-0.2, 0) is 4.74 Å². The lowest BCUT2D eigenvalue weighted by molar-refractivity contribution is -0.200. The second-order valence-electron chi connectivity index (χ2n) is 4.12. The Bertz CT molecular complexity index is 186. The van der Waals surface area contributed by atoms with E-state index in [0.29, 0.717) is 0 Å². The van der Waals surface area contributed by atoms with Crippen LogP contribution in [-0.4, -0.2) is 52.4 Å². The Morgan fingerprint density at radius 2 is 1.86 bits per heavy atom. The minimum atomic E-state index is -1.01. The lowest BCUT2D eigenvalue weighted by atomic mass is 9.88. The van der Waals surface area contributed by atoms with Gasteiger partial charge in [0.25, 0.3) is 0 Å². The molecule has 0 saturated carbocycles. The van der Waals surface area contributed by atoms with Crippen molar-refractivity contribution in [3.8, 4) is 0 Å². The number of hydrogen-bond acceptors (Lipinski definition) is 5. The van der Waals surface area contributed by atoms with Gasteiger partial charge in [0.15, 0.2) is 0 Å². The second-order valence-corrected chi connectivity index (χ2v) is 4.12. The van der Waals surface area contributed by atoms with Crippen LogP contribution >= 0.6 is 0 Å². The van der Waals surface area contributed by atoms with Crippen LogP contribution in [0.25, 0.3) is 0 Å². The van der Waals surface area contributed by atoms with Crippen LogP contribution in [0.4, 0.5) is 0 Å². The summed E-state index contributed by atoms with van der Waals surface area (Å²) in [5.41, 5.74) is 5.62. The van der Waals surface area contributed by atoms with Crippen LogP contribution < -0.4 is 5.73 Å². The zero-order valence-electron chi connectivity index (χ0n) is 8.50. The highest BCUT2D eigenvalue weighted by atomic mass is 16.5. The van der Waals surface area contributed by atoms with E-state index < -0.39 is 30.5 Å². The largest absolute Gasteiger partial charge is 0.394 e. The average molecular weight is 205 g/mol. The third-order valence-electron chi connectivity index (χ3n) is 2.68. The van der Waals surface area contributed by atoms with E-state index in [0.717, 1.165) is 0 Å². The van der Waals surface area contributed by atoms with Crippen molar-refractivity contribution in [2.75, 3.05) is 6.61 Å². The summed E-state index contributed by atoms with van der Waals surface area (Å²) in [6.45, 7) is 3.50. The fourth-order valence-corrected chi connectivity index (χ4v) is 1.73. The first-order valence-corrected chi connectivity index (χ1v) is 4.87. The maximum atomic E-state index is 9.70. The summed E-state index contributed by atoms with van der Waals surface area (Å²) in [4.78, 5) is 0. The Labute approximate surface area is 83.5 Å². The Hall–Kier alpha value is -0.200. The Kier molecular flexibility index (Phi) is 3.86. The molecule has 0 amide bonds. The van der Waals surface area contributed by atoms with Gasteiger partial charge in [-0.2, -0.15) is 0 Å². The molecular weight excluding hydrogens is 186 g/mol. The zero-order chi connectivity index (χ0) is 10.9. The molecule has 1 saturated heterocycles. The van der Waals surface area contributed by atoms with E-state index in [4.69, 9.17) is 15.6 Å². The maximum Gasteiger partial charge on any atom is 0.108 e. The van der Waals surface area contributed by atoms with Gasteiger partial charge in [-0.15, -0.1) is 0 Å². The molecule has 0 aromatic heterocycles. The average Bonchev–Trinajstić information content (AvgIpc) is 2.14. The zero-order valence-corrected chi connectivity index (χ0v) is 8.50. The van der Waals surface area contributed by atoms with Gasteiger partial charge < -0.3 is 25.8 Å². The van der Waals surface area contributed by atoms with Gasteiger partial charge in [0.05, 0.1) is 24.9 Å². The van der Waals surface area contributed by atoms with Crippen molar-refractivity contribution in [2.24, 2.45) is 11.7 Å². The van der Waals surface area contributed by atoms with Crippen molar-refractivity contribution in [3.63, 3.8) is 0 Å². The highest BCUT2D eigenvalue weighted by Crippen LogP contribution is 2.24. The molecule has 0 aromatic carbocycles. The fourth-order valence-electron chi connectivity index (χ4n) is 1.73. The van der Waals surface area contributed by atoms with Crippen LogP contribution in [0.15, 0.2) is 0 Å². The second kappa shape index (κ2) is 4.55. The van der Waals surface area contributed by atoms with Gasteiger partial charge in [-0.1, -0.05) is 13.8 Å². The molecule has 5 N–H and O–H groups in total.